The molecule has 8 atom stereocenters. The van der Waals surface area contributed by atoms with E-state index in [-0.39, 0.29) is 36.6 Å². The summed E-state index contributed by atoms with van der Waals surface area (Å²) in [5.41, 5.74) is -0.268. The highest BCUT2D eigenvalue weighted by Gasteiger charge is 2.48. The molecule has 1 saturated heterocycles. The monoisotopic (exact) mass is 616 g/mol. The Labute approximate surface area is 256 Å². The third-order valence-corrected chi connectivity index (χ3v) is 9.27. The van der Waals surface area contributed by atoms with E-state index < -0.39 is 53.9 Å². The van der Waals surface area contributed by atoms with Crippen molar-refractivity contribution in [2.45, 2.75) is 103 Å². The Balaban J connectivity index is 1.56. The fraction of sp³-hybridized carbons (Fsp3) is 0.656. The Morgan fingerprint density at radius 2 is 1.75 bits per heavy atom. The van der Waals surface area contributed by atoms with E-state index in [9.17, 15) is 14.4 Å². The predicted octanol–water partition coefficient (Wildman–Crippen LogP) is 5.27. The molecule has 1 N–H and O–H groups in total. The van der Waals surface area contributed by atoms with Crippen LogP contribution < -0.4 is 14.8 Å². The minimum Gasteiger partial charge on any atom is -0.497 e. The zero-order valence-corrected chi connectivity index (χ0v) is 25.9. The van der Waals surface area contributed by atoms with Crippen LogP contribution in [0.4, 0.5) is 13.6 Å². The van der Waals surface area contributed by atoms with E-state index in [0.717, 1.165) is 12.8 Å². The maximum atomic E-state index is 15.9. The van der Waals surface area contributed by atoms with Gasteiger partial charge in [-0.25, -0.2) is 23.5 Å². The zero-order chi connectivity index (χ0) is 31.8. The predicted molar refractivity (Wildman–Crippen MR) is 158 cm³/mol. The molecule has 1 aromatic heterocycles. The summed E-state index contributed by atoms with van der Waals surface area (Å²) in [5, 5.41) is 2.77. The first-order chi connectivity index (χ1) is 20.9. The molecule has 12 heteroatoms. The minimum atomic E-state index is -2.12. The molecule has 2 amide bonds. The van der Waals surface area contributed by atoms with Crippen molar-refractivity contribution in [3.63, 3.8) is 0 Å². The molecule has 3 aliphatic rings. The number of rotatable bonds is 2. The van der Waals surface area contributed by atoms with Crippen LogP contribution in [0, 0.1) is 17.3 Å². The van der Waals surface area contributed by atoms with Crippen molar-refractivity contribution in [1.82, 2.24) is 20.2 Å². The van der Waals surface area contributed by atoms with Crippen LogP contribution in [0.1, 0.15) is 78.1 Å². The molecule has 1 aliphatic carbocycles. The van der Waals surface area contributed by atoms with Gasteiger partial charge in [-0.3, -0.25) is 4.79 Å². The van der Waals surface area contributed by atoms with Gasteiger partial charge >= 0.3 is 6.09 Å². The summed E-state index contributed by atoms with van der Waals surface area (Å²) in [5.74, 6) is -0.676. The van der Waals surface area contributed by atoms with E-state index in [1.165, 1.54) is 12.0 Å². The van der Waals surface area contributed by atoms with Gasteiger partial charge in [-0.1, -0.05) is 34.1 Å². The molecule has 44 heavy (non-hydrogen) atoms. The summed E-state index contributed by atoms with van der Waals surface area (Å²) in [6.45, 7) is 7.18. The number of benzene rings is 1. The Morgan fingerprint density at radius 1 is 1.02 bits per heavy atom. The Hall–Kier alpha value is -3.57. The Kier molecular flexibility index (Phi) is 9.27. The summed E-state index contributed by atoms with van der Waals surface area (Å²) in [6.07, 6.45) is -2.00. The highest BCUT2D eigenvalue weighted by atomic mass is 19.2. The first-order valence-electron chi connectivity index (χ1n) is 15.4. The second-order valence-electron chi connectivity index (χ2n) is 13.3. The topological polar surface area (TPSA) is 120 Å². The molecule has 240 valence electrons. The number of nitrogens with one attached hydrogen (secondary N) is 1. The SMILES string of the molecule is COc1ccc2nc3c(nc2c1)O[C@H]1CN(C(=O)[C@H](C(C)(C)C)NC(=O)O[C@@H]2CCC[C@H]2CCCC(F)C3F)[C@H](C=O)[C@@H]1C. The third-order valence-electron chi connectivity index (χ3n) is 9.27. The summed E-state index contributed by atoms with van der Waals surface area (Å²) in [6, 6.07) is 3.02. The number of alkyl carbamates (subject to hydrolysis) is 1. The van der Waals surface area contributed by atoms with Crippen LogP contribution >= 0.6 is 0 Å². The molecule has 3 heterocycles. The van der Waals surface area contributed by atoms with E-state index in [1.807, 2.05) is 20.8 Å². The van der Waals surface area contributed by atoms with Gasteiger partial charge in [0.15, 0.2) is 6.17 Å². The summed E-state index contributed by atoms with van der Waals surface area (Å²) >= 11 is 0. The lowest BCUT2D eigenvalue weighted by atomic mass is 9.85. The van der Waals surface area contributed by atoms with Crippen LogP contribution in [-0.4, -0.2) is 77.3 Å². The average molecular weight is 617 g/mol. The fourth-order valence-corrected chi connectivity index (χ4v) is 6.62. The highest BCUT2D eigenvalue weighted by molar-refractivity contribution is 5.89. The van der Waals surface area contributed by atoms with Crippen molar-refractivity contribution in [2.75, 3.05) is 13.7 Å². The first-order valence-corrected chi connectivity index (χ1v) is 15.4. The van der Waals surface area contributed by atoms with E-state index in [1.54, 1.807) is 25.1 Å². The highest BCUT2D eigenvalue weighted by Crippen LogP contribution is 2.38. The number of hydrogen-bond acceptors (Lipinski definition) is 8. The van der Waals surface area contributed by atoms with Crippen molar-refractivity contribution in [3.8, 4) is 11.6 Å². The number of aromatic nitrogens is 2. The summed E-state index contributed by atoms with van der Waals surface area (Å²) < 4.78 is 48.8. The molecule has 10 nitrogen and oxygen atoms in total. The van der Waals surface area contributed by atoms with Crippen LogP contribution in [0.5, 0.6) is 11.6 Å². The van der Waals surface area contributed by atoms with E-state index >= 15 is 8.78 Å². The molecule has 2 bridgehead atoms. The molecule has 2 aromatic rings. The van der Waals surface area contributed by atoms with E-state index in [2.05, 4.69) is 15.3 Å². The largest absolute Gasteiger partial charge is 0.497 e. The molecule has 1 saturated carbocycles. The molecule has 2 unspecified atom stereocenters. The van der Waals surface area contributed by atoms with Gasteiger partial charge in [-0.05, 0) is 55.6 Å². The van der Waals surface area contributed by atoms with Gasteiger partial charge in [-0.15, -0.1) is 0 Å². The molecule has 1 aromatic carbocycles. The Bertz CT molecular complexity index is 1390. The van der Waals surface area contributed by atoms with Gasteiger partial charge in [0.25, 0.3) is 0 Å². The number of hydrogen-bond donors (Lipinski definition) is 1. The number of alkyl halides is 2. The second-order valence-corrected chi connectivity index (χ2v) is 13.3. The molecule has 5 rings (SSSR count). The van der Waals surface area contributed by atoms with Gasteiger partial charge in [-0.2, -0.15) is 0 Å². The van der Waals surface area contributed by atoms with Crippen molar-refractivity contribution < 1.29 is 37.4 Å². The molecule has 2 aliphatic heterocycles. The third kappa shape index (κ3) is 6.44. The lowest BCUT2D eigenvalue weighted by Crippen LogP contribution is -2.56. The molecule has 0 spiro atoms. The average Bonchev–Trinajstić information content (AvgIpc) is 3.56. The van der Waals surface area contributed by atoms with Crippen LogP contribution in [-0.2, 0) is 14.3 Å². The molecular weight excluding hydrogens is 574 g/mol. The quantitative estimate of drug-likeness (QED) is 0.453. The molecular formula is C32H42F2N4O6. The van der Waals surface area contributed by atoms with Crippen molar-refractivity contribution in [1.29, 1.82) is 0 Å². The van der Waals surface area contributed by atoms with Gasteiger partial charge in [0.05, 0.1) is 30.7 Å². The number of nitrogens with zero attached hydrogens (tertiary/aromatic N) is 3. The van der Waals surface area contributed by atoms with Crippen molar-refractivity contribution in [2.24, 2.45) is 17.3 Å². The lowest BCUT2D eigenvalue weighted by molar-refractivity contribution is -0.139. The number of carbonyl (C=O) groups excluding carboxylic acids is 3. The maximum absolute atomic E-state index is 15.9. The number of halogens is 2. The zero-order valence-electron chi connectivity index (χ0n) is 25.9. The van der Waals surface area contributed by atoms with Crippen LogP contribution in [0.3, 0.4) is 0 Å². The van der Waals surface area contributed by atoms with Gasteiger partial charge < -0.3 is 29.2 Å². The second kappa shape index (κ2) is 12.8. The number of amides is 2. The summed E-state index contributed by atoms with van der Waals surface area (Å²) in [7, 11) is 1.50. The smallest absolute Gasteiger partial charge is 0.408 e. The van der Waals surface area contributed by atoms with Gasteiger partial charge in [0.1, 0.15) is 42.2 Å². The lowest BCUT2D eigenvalue weighted by Gasteiger charge is -2.35. The van der Waals surface area contributed by atoms with E-state index in [0.29, 0.717) is 42.3 Å². The number of methoxy groups -OCH3 is 1. The summed E-state index contributed by atoms with van der Waals surface area (Å²) in [4.78, 5) is 49.8. The van der Waals surface area contributed by atoms with Crippen LogP contribution in [0.25, 0.3) is 11.0 Å². The van der Waals surface area contributed by atoms with Crippen molar-refractivity contribution in [3.05, 3.63) is 23.9 Å². The standard InChI is InChI=1S/C32H42F2N4O6/c1-17-23(16-39)38-15-25(17)43-29-27(35-21-13-12-19(42-5)14-22(21)36-29)26(34)20(33)10-6-8-18-9-7-11-24(18)44-31(41)37-28(30(38)40)32(2,3)4/h12-14,16-18,20,23-26,28H,6-11,15H2,1-5H3,(H,37,41)/t17-,18+,20?,23+,24+,25-,26?,28+/m0/s1. The molecule has 0 radical (unpaired) electrons. The van der Waals surface area contributed by atoms with Crippen molar-refractivity contribution >= 4 is 29.3 Å². The minimum absolute atomic E-state index is 0.00246. The molecule has 2 fully saturated rings. The fourth-order valence-electron chi connectivity index (χ4n) is 6.62. The maximum Gasteiger partial charge on any atom is 0.408 e. The van der Waals surface area contributed by atoms with Gasteiger partial charge in [0.2, 0.25) is 11.8 Å². The number of carbonyl (C=O) groups is 3. The van der Waals surface area contributed by atoms with E-state index in [4.69, 9.17) is 14.2 Å². The normalized spacial score (nSPS) is 32.0. The van der Waals surface area contributed by atoms with Crippen LogP contribution in [0.15, 0.2) is 18.2 Å². The Morgan fingerprint density at radius 3 is 2.43 bits per heavy atom. The first kappa shape index (κ1) is 31.8. The number of fused-ring (bicyclic) bond motifs is 5. The number of ether oxygens (including phenoxy) is 3. The van der Waals surface area contributed by atoms with Gasteiger partial charge in [0, 0.05) is 12.0 Å². The number of aldehydes is 1. The van der Waals surface area contributed by atoms with Crippen LogP contribution in [0.2, 0.25) is 0 Å².